The number of nitrogen functional groups attached to an aromatic ring is 1. The summed E-state index contributed by atoms with van der Waals surface area (Å²) in [5.41, 5.74) is 8.17. The lowest BCUT2D eigenvalue weighted by atomic mass is 9.98. The molecule has 4 rings (SSSR count). The van der Waals surface area contributed by atoms with Gasteiger partial charge in [0.25, 0.3) is 12.0 Å². The van der Waals surface area contributed by atoms with E-state index in [0.717, 1.165) is 0 Å². The number of hydrogen-bond acceptors (Lipinski definition) is 6. The van der Waals surface area contributed by atoms with Gasteiger partial charge in [-0.25, -0.2) is 29.7 Å². The van der Waals surface area contributed by atoms with Crippen LogP contribution in [0.3, 0.4) is 0 Å². The van der Waals surface area contributed by atoms with Crippen LogP contribution < -0.4 is 11.1 Å². The summed E-state index contributed by atoms with van der Waals surface area (Å²) in [6, 6.07) is 13.9. The number of nitrogens with two attached hydrogens (primary N) is 1. The molecule has 3 N–H and O–H groups in total. The highest BCUT2D eigenvalue weighted by molar-refractivity contribution is 5.89. The first-order chi connectivity index (χ1) is 17.6. The highest BCUT2D eigenvalue weighted by Gasteiger charge is 2.28. The fourth-order valence-electron chi connectivity index (χ4n) is 3.80. The van der Waals surface area contributed by atoms with Crippen LogP contribution in [-0.4, -0.2) is 19.9 Å². The predicted octanol–water partition coefficient (Wildman–Crippen LogP) is 6.33. The van der Waals surface area contributed by atoms with Crippen molar-refractivity contribution in [2.24, 2.45) is 0 Å². The van der Waals surface area contributed by atoms with Crippen molar-refractivity contribution in [2.75, 3.05) is 11.1 Å². The first kappa shape index (κ1) is 25.6. The minimum absolute atomic E-state index is 0.0544. The van der Waals surface area contributed by atoms with Gasteiger partial charge < -0.3 is 15.9 Å². The summed E-state index contributed by atoms with van der Waals surface area (Å²) in [5.74, 6) is -0.200. The Kier molecular flexibility index (Phi) is 7.07. The molecule has 3 heterocycles. The molecular formula is C27H24F3N7. The standard InChI is InChI=1S/C27H24F3N7/c1-15-12-17(13-20(34-15)24(29)30)22-23(16-8-10-18(28)11-9-16)36-26(31)37-25(22)33-14-19-6-5-7-21(35-19)27(2,3)32-4/h5-13,24H,14H2,1-3H3,(H3,31,33,36,37). The van der Waals surface area contributed by atoms with Crippen molar-refractivity contribution in [2.45, 2.75) is 39.3 Å². The molecule has 0 amide bonds. The van der Waals surface area contributed by atoms with Crippen LogP contribution in [0.1, 0.15) is 43.0 Å². The van der Waals surface area contributed by atoms with E-state index in [1.165, 1.54) is 30.3 Å². The zero-order valence-electron chi connectivity index (χ0n) is 20.4. The first-order valence-corrected chi connectivity index (χ1v) is 11.4. The molecule has 0 saturated heterocycles. The molecule has 0 aliphatic rings. The second-order valence-corrected chi connectivity index (χ2v) is 8.92. The van der Waals surface area contributed by atoms with Crippen molar-refractivity contribution in [1.29, 1.82) is 0 Å². The fourth-order valence-corrected chi connectivity index (χ4v) is 3.80. The summed E-state index contributed by atoms with van der Waals surface area (Å²) in [6.45, 7) is 12.8. The molecule has 10 heteroatoms. The molecule has 188 valence electrons. The van der Waals surface area contributed by atoms with Crippen molar-refractivity contribution >= 4 is 11.8 Å². The Hall–Kier alpha value is -4.52. The lowest BCUT2D eigenvalue weighted by Crippen LogP contribution is -2.15. The number of hydrogen-bond donors (Lipinski definition) is 2. The van der Waals surface area contributed by atoms with Gasteiger partial charge in [-0.1, -0.05) is 6.07 Å². The van der Waals surface area contributed by atoms with E-state index in [1.807, 2.05) is 6.07 Å². The second kappa shape index (κ2) is 10.2. The molecule has 7 nitrogen and oxygen atoms in total. The van der Waals surface area contributed by atoms with Gasteiger partial charge >= 0.3 is 0 Å². The summed E-state index contributed by atoms with van der Waals surface area (Å²) < 4.78 is 40.9. The molecule has 0 unspecified atom stereocenters. The smallest absolute Gasteiger partial charge is 0.280 e. The molecule has 1 aromatic carbocycles. The Morgan fingerprint density at radius 1 is 1.00 bits per heavy atom. The third-order valence-electron chi connectivity index (χ3n) is 5.68. The zero-order chi connectivity index (χ0) is 26.7. The minimum atomic E-state index is -2.78. The van der Waals surface area contributed by atoms with Crippen molar-refractivity contribution in [3.63, 3.8) is 0 Å². The van der Waals surface area contributed by atoms with E-state index < -0.39 is 23.5 Å². The maximum Gasteiger partial charge on any atom is 0.280 e. The molecule has 0 aliphatic carbocycles. The van der Waals surface area contributed by atoms with Crippen LogP contribution in [0, 0.1) is 19.3 Å². The molecule has 0 aliphatic heterocycles. The number of benzene rings is 1. The average Bonchev–Trinajstić information content (AvgIpc) is 2.87. The normalized spacial score (nSPS) is 11.4. The number of anilines is 2. The molecule has 0 spiro atoms. The zero-order valence-corrected chi connectivity index (χ0v) is 20.4. The van der Waals surface area contributed by atoms with Gasteiger partial charge in [-0.05, 0) is 61.0 Å². The van der Waals surface area contributed by atoms with Gasteiger partial charge in [-0.3, -0.25) is 4.98 Å². The Bertz CT molecular complexity index is 1480. The van der Waals surface area contributed by atoms with E-state index in [-0.39, 0.29) is 18.3 Å². The van der Waals surface area contributed by atoms with Crippen LogP contribution >= 0.6 is 0 Å². The van der Waals surface area contributed by atoms with Crippen LogP contribution in [0.2, 0.25) is 0 Å². The summed E-state index contributed by atoms with van der Waals surface area (Å²) in [6.07, 6.45) is -2.78. The third kappa shape index (κ3) is 5.67. The summed E-state index contributed by atoms with van der Waals surface area (Å²) >= 11 is 0. The largest absolute Gasteiger partial charge is 0.368 e. The highest BCUT2D eigenvalue weighted by atomic mass is 19.3. The van der Waals surface area contributed by atoms with E-state index in [0.29, 0.717) is 39.5 Å². The molecule has 0 fully saturated rings. The van der Waals surface area contributed by atoms with E-state index in [1.54, 1.807) is 39.0 Å². The highest BCUT2D eigenvalue weighted by Crippen LogP contribution is 2.38. The van der Waals surface area contributed by atoms with Crippen molar-refractivity contribution in [1.82, 2.24) is 19.9 Å². The number of pyridine rings is 2. The Morgan fingerprint density at radius 3 is 2.41 bits per heavy atom. The maximum absolute atomic E-state index is 13.6. The average molecular weight is 504 g/mol. The van der Waals surface area contributed by atoms with Gasteiger partial charge in [0, 0.05) is 25.1 Å². The molecule has 0 atom stereocenters. The molecule has 3 aromatic heterocycles. The van der Waals surface area contributed by atoms with Crippen molar-refractivity contribution in [3.05, 3.63) is 94.6 Å². The number of nitrogens with zero attached hydrogens (tertiary/aromatic N) is 5. The van der Waals surface area contributed by atoms with E-state index in [4.69, 9.17) is 12.3 Å². The Labute approximate surface area is 212 Å². The minimum Gasteiger partial charge on any atom is -0.368 e. The maximum atomic E-state index is 13.6. The number of aromatic nitrogens is 4. The lowest BCUT2D eigenvalue weighted by Gasteiger charge is -2.17. The fraction of sp³-hybridized carbons (Fsp3) is 0.222. The van der Waals surface area contributed by atoms with E-state index in [9.17, 15) is 13.2 Å². The van der Waals surface area contributed by atoms with E-state index in [2.05, 4.69) is 30.1 Å². The van der Waals surface area contributed by atoms with Crippen LogP contribution in [-0.2, 0) is 12.1 Å². The summed E-state index contributed by atoms with van der Waals surface area (Å²) in [7, 11) is 0. The molecule has 0 bridgehead atoms. The van der Waals surface area contributed by atoms with Crippen molar-refractivity contribution < 1.29 is 13.2 Å². The van der Waals surface area contributed by atoms with Crippen LogP contribution in [0.25, 0.3) is 27.2 Å². The number of nitrogens with one attached hydrogen (secondary N) is 1. The van der Waals surface area contributed by atoms with Gasteiger partial charge in [0.1, 0.15) is 23.0 Å². The topological polar surface area (TPSA) is 94.0 Å². The van der Waals surface area contributed by atoms with Crippen LogP contribution in [0.15, 0.2) is 54.6 Å². The number of alkyl halides is 2. The second-order valence-electron chi connectivity index (χ2n) is 8.92. The Morgan fingerprint density at radius 2 is 1.73 bits per heavy atom. The monoisotopic (exact) mass is 503 g/mol. The van der Waals surface area contributed by atoms with Crippen LogP contribution in [0.4, 0.5) is 24.9 Å². The number of rotatable bonds is 7. The predicted molar refractivity (Wildman–Crippen MR) is 136 cm³/mol. The first-order valence-electron chi connectivity index (χ1n) is 11.4. The molecule has 4 aromatic rings. The quantitative estimate of drug-likeness (QED) is 0.286. The molecule has 0 radical (unpaired) electrons. The van der Waals surface area contributed by atoms with Gasteiger partial charge in [-0.2, -0.15) is 4.98 Å². The lowest BCUT2D eigenvalue weighted by molar-refractivity contribution is 0.146. The van der Waals surface area contributed by atoms with Gasteiger partial charge in [0.05, 0.1) is 23.5 Å². The Balaban J connectivity index is 1.85. The molecular weight excluding hydrogens is 479 g/mol. The molecule has 37 heavy (non-hydrogen) atoms. The van der Waals surface area contributed by atoms with Gasteiger partial charge in [-0.15, -0.1) is 0 Å². The number of aryl methyl sites for hydroxylation is 1. The molecule has 0 saturated carbocycles. The van der Waals surface area contributed by atoms with E-state index >= 15 is 0 Å². The third-order valence-corrected chi connectivity index (χ3v) is 5.68. The van der Waals surface area contributed by atoms with Gasteiger partial charge in [0.15, 0.2) is 0 Å². The van der Waals surface area contributed by atoms with Gasteiger partial charge in [0.2, 0.25) is 5.95 Å². The summed E-state index contributed by atoms with van der Waals surface area (Å²) in [4.78, 5) is 20.9. The van der Waals surface area contributed by atoms with Crippen LogP contribution in [0.5, 0.6) is 0 Å². The SMILES string of the molecule is [C-]#[N+]C(C)(C)c1cccc(CNc2nc(N)nc(-c3ccc(F)cc3)c2-c2cc(C)nc(C(F)F)c2)n1. The van der Waals surface area contributed by atoms with Crippen molar-refractivity contribution in [3.8, 4) is 22.4 Å². The summed E-state index contributed by atoms with van der Waals surface area (Å²) in [5, 5.41) is 3.20. The number of halogens is 3.